The number of carbonyl (C=O) groups is 2. The van der Waals surface area contributed by atoms with Crippen molar-refractivity contribution in [1.82, 2.24) is 4.90 Å². The van der Waals surface area contributed by atoms with Gasteiger partial charge in [-0.15, -0.1) is 0 Å². The average molecular weight is 297 g/mol. The summed E-state index contributed by atoms with van der Waals surface area (Å²) in [5.41, 5.74) is 0.795. The molecule has 3 heteroatoms. The Bertz CT molecular complexity index is 556. The molecule has 0 spiro atoms. The van der Waals surface area contributed by atoms with E-state index in [-0.39, 0.29) is 17.6 Å². The fourth-order valence-corrected chi connectivity index (χ4v) is 3.45. The van der Waals surface area contributed by atoms with Crippen molar-refractivity contribution in [3.63, 3.8) is 0 Å². The molecule has 116 valence electrons. The van der Waals surface area contributed by atoms with Crippen molar-refractivity contribution in [2.24, 2.45) is 11.8 Å². The first kappa shape index (κ1) is 15.0. The summed E-state index contributed by atoms with van der Waals surface area (Å²) < 4.78 is 0. The second-order valence-corrected chi connectivity index (χ2v) is 6.36. The summed E-state index contributed by atoms with van der Waals surface area (Å²) in [5.74, 6) is 0.975. The van der Waals surface area contributed by atoms with Crippen LogP contribution in [-0.2, 0) is 4.79 Å². The summed E-state index contributed by atoms with van der Waals surface area (Å²) in [4.78, 5) is 26.7. The third-order valence-corrected chi connectivity index (χ3v) is 4.83. The molecule has 0 bridgehead atoms. The normalized spacial score (nSPS) is 22.0. The van der Waals surface area contributed by atoms with Crippen LogP contribution in [0.5, 0.6) is 0 Å². The van der Waals surface area contributed by atoms with Crippen molar-refractivity contribution in [3.8, 4) is 0 Å². The number of amides is 1. The number of piperidine rings is 1. The number of Topliss-reactive ketones (excluding diaryl/α,β-unsaturated/α-hetero) is 1. The van der Waals surface area contributed by atoms with E-state index in [1.165, 1.54) is 0 Å². The second kappa shape index (κ2) is 6.91. The van der Waals surface area contributed by atoms with E-state index in [2.05, 4.69) is 12.2 Å². The summed E-state index contributed by atoms with van der Waals surface area (Å²) in [6.45, 7) is 1.44. The lowest BCUT2D eigenvalue weighted by molar-refractivity contribution is -0.133. The number of likely N-dealkylation sites (tertiary alicyclic amines) is 1. The van der Waals surface area contributed by atoms with Crippen molar-refractivity contribution in [2.45, 2.75) is 32.1 Å². The largest absolute Gasteiger partial charge is 0.343 e. The summed E-state index contributed by atoms with van der Waals surface area (Å²) in [7, 11) is 0. The minimum Gasteiger partial charge on any atom is -0.343 e. The topological polar surface area (TPSA) is 37.4 Å². The zero-order valence-electron chi connectivity index (χ0n) is 12.9. The van der Waals surface area contributed by atoms with Crippen LogP contribution in [0.1, 0.15) is 42.5 Å². The molecule has 0 saturated carbocycles. The molecular formula is C19H23NO2. The lowest BCUT2D eigenvalue weighted by Gasteiger charge is -2.32. The Morgan fingerprint density at radius 1 is 1.05 bits per heavy atom. The molecule has 3 rings (SSSR count). The quantitative estimate of drug-likeness (QED) is 0.630. The van der Waals surface area contributed by atoms with Gasteiger partial charge >= 0.3 is 0 Å². The van der Waals surface area contributed by atoms with E-state index in [0.29, 0.717) is 12.3 Å². The summed E-state index contributed by atoms with van der Waals surface area (Å²) in [5, 5.41) is 0. The fraction of sp³-hybridized carbons (Fsp3) is 0.474. The molecule has 1 heterocycles. The van der Waals surface area contributed by atoms with E-state index in [4.69, 9.17) is 0 Å². The summed E-state index contributed by atoms with van der Waals surface area (Å²) in [6, 6.07) is 9.50. The van der Waals surface area contributed by atoms with E-state index in [1.807, 2.05) is 35.2 Å². The van der Waals surface area contributed by atoms with Crippen molar-refractivity contribution in [1.29, 1.82) is 0 Å². The van der Waals surface area contributed by atoms with Crippen LogP contribution in [0.15, 0.2) is 42.5 Å². The molecule has 1 aliphatic carbocycles. The number of allylic oxidation sites excluding steroid dienone is 2. The monoisotopic (exact) mass is 297 g/mol. The molecule has 0 aromatic heterocycles. The maximum absolute atomic E-state index is 12.4. The molecule has 1 atom stereocenters. The van der Waals surface area contributed by atoms with E-state index < -0.39 is 0 Å². The van der Waals surface area contributed by atoms with Gasteiger partial charge in [0, 0.05) is 31.0 Å². The lowest BCUT2D eigenvalue weighted by Crippen LogP contribution is -2.40. The summed E-state index contributed by atoms with van der Waals surface area (Å²) in [6.07, 6.45) is 8.76. The van der Waals surface area contributed by atoms with Crippen LogP contribution in [-0.4, -0.2) is 29.7 Å². The SMILES string of the molecule is O=C(c1ccccc1)C1CCN(C(=O)CC2C=CCC2)CC1. The van der Waals surface area contributed by atoms with Crippen LogP contribution < -0.4 is 0 Å². The van der Waals surface area contributed by atoms with Gasteiger partial charge in [-0.2, -0.15) is 0 Å². The van der Waals surface area contributed by atoms with Gasteiger partial charge in [0.2, 0.25) is 5.91 Å². The molecule has 22 heavy (non-hydrogen) atoms. The molecule has 0 radical (unpaired) electrons. The lowest BCUT2D eigenvalue weighted by atomic mass is 9.88. The highest BCUT2D eigenvalue weighted by atomic mass is 16.2. The number of ketones is 1. The highest BCUT2D eigenvalue weighted by Gasteiger charge is 2.28. The molecule has 1 aromatic rings. The maximum Gasteiger partial charge on any atom is 0.223 e. The number of hydrogen-bond donors (Lipinski definition) is 0. The standard InChI is InChI=1S/C19H23NO2/c21-18(14-15-6-4-5-7-15)20-12-10-17(11-13-20)19(22)16-8-2-1-3-9-16/h1-4,6,8-9,15,17H,5,7,10-14H2. The Hall–Kier alpha value is -1.90. The number of carbonyl (C=O) groups excluding carboxylic acids is 2. The molecular weight excluding hydrogens is 274 g/mol. The van der Waals surface area contributed by atoms with Crippen molar-refractivity contribution in [2.75, 3.05) is 13.1 Å². The van der Waals surface area contributed by atoms with Gasteiger partial charge < -0.3 is 4.90 Å². The fourth-order valence-electron chi connectivity index (χ4n) is 3.45. The Morgan fingerprint density at radius 3 is 2.41 bits per heavy atom. The van der Waals surface area contributed by atoms with Crippen LogP contribution in [0.25, 0.3) is 0 Å². The minimum atomic E-state index is 0.0674. The van der Waals surface area contributed by atoms with Crippen LogP contribution >= 0.6 is 0 Å². The maximum atomic E-state index is 12.4. The number of rotatable bonds is 4. The Morgan fingerprint density at radius 2 is 1.77 bits per heavy atom. The molecule has 1 unspecified atom stereocenters. The molecule has 1 fully saturated rings. The Labute approximate surface area is 132 Å². The van der Waals surface area contributed by atoms with Gasteiger partial charge in [-0.25, -0.2) is 0 Å². The zero-order chi connectivity index (χ0) is 15.4. The Kier molecular flexibility index (Phi) is 4.71. The van der Waals surface area contributed by atoms with Crippen LogP contribution in [0, 0.1) is 11.8 Å². The smallest absolute Gasteiger partial charge is 0.223 e. The first-order valence-electron chi connectivity index (χ1n) is 8.28. The number of nitrogens with zero attached hydrogens (tertiary/aromatic N) is 1. The molecule has 1 amide bonds. The van der Waals surface area contributed by atoms with E-state index >= 15 is 0 Å². The molecule has 2 aliphatic rings. The molecule has 1 aliphatic heterocycles. The number of hydrogen-bond acceptors (Lipinski definition) is 2. The highest BCUT2D eigenvalue weighted by Crippen LogP contribution is 2.25. The minimum absolute atomic E-state index is 0.0674. The average Bonchev–Trinajstić information content (AvgIpc) is 3.08. The Balaban J connectivity index is 1.50. The van der Waals surface area contributed by atoms with Crippen molar-refractivity contribution in [3.05, 3.63) is 48.0 Å². The van der Waals surface area contributed by atoms with Gasteiger partial charge in [-0.05, 0) is 31.6 Å². The highest BCUT2D eigenvalue weighted by molar-refractivity contribution is 5.98. The predicted octanol–water partition coefficient (Wildman–Crippen LogP) is 3.46. The van der Waals surface area contributed by atoms with Gasteiger partial charge in [-0.3, -0.25) is 9.59 Å². The molecule has 3 nitrogen and oxygen atoms in total. The van der Waals surface area contributed by atoms with Gasteiger partial charge in [0.1, 0.15) is 0 Å². The molecule has 1 saturated heterocycles. The second-order valence-electron chi connectivity index (χ2n) is 6.36. The van der Waals surface area contributed by atoms with E-state index in [0.717, 1.165) is 44.3 Å². The first-order valence-corrected chi connectivity index (χ1v) is 8.28. The molecule has 0 N–H and O–H groups in total. The van der Waals surface area contributed by atoms with Gasteiger partial charge in [-0.1, -0.05) is 42.5 Å². The number of benzene rings is 1. The van der Waals surface area contributed by atoms with Crippen LogP contribution in [0.3, 0.4) is 0 Å². The third-order valence-electron chi connectivity index (χ3n) is 4.83. The third kappa shape index (κ3) is 3.46. The predicted molar refractivity (Wildman–Crippen MR) is 86.6 cm³/mol. The van der Waals surface area contributed by atoms with Crippen molar-refractivity contribution >= 4 is 11.7 Å². The van der Waals surface area contributed by atoms with E-state index in [1.54, 1.807) is 0 Å². The zero-order valence-corrected chi connectivity index (χ0v) is 12.9. The van der Waals surface area contributed by atoms with Gasteiger partial charge in [0.15, 0.2) is 5.78 Å². The van der Waals surface area contributed by atoms with Gasteiger partial charge in [0.25, 0.3) is 0 Å². The molecule has 1 aromatic carbocycles. The first-order chi connectivity index (χ1) is 10.7. The van der Waals surface area contributed by atoms with Crippen molar-refractivity contribution < 1.29 is 9.59 Å². The van der Waals surface area contributed by atoms with E-state index in [9.17, 15) is 9.59 Å². The van der Waals surface area contributed by atoms with Gasteiger partial charge in [0.05, 0.1) is 0 Å². The summed E-state index contributed by atoms with van der Waals surface area (Å²) >= 11 is 0. The van der Waals surface area contributed by atoms with Crippen LogP contribution in [0.4, 0.5) is 0 Å². The van der Waals surface area contributed by atoms with Crippen LogP contribution in [0.2, 0.25) is 0 Å².